The molecule has 0 saturated carbocycles. The van der Waals surface area contributed by atoms with Gasteiger partial charge in [0.1, 0.15) is 0 Å². The van der Waals surface area contributed by atoms with Gasteiger partial charge in [-0.2, -0.15) is 5.10 Å². The molecule has 1 amide bonds. The number of nitrogens with one attached hydrogen (secondary N) is 1. The lowest BCUT2D eigenvalue weighted by atomic mass is 10.1. The summed E-state index contributed by atoms with van der Waals surface area (Å²) in [6.45, 7) is 2.85. The molecule has 3 aromatic rings. The van der Waals surface area contributed by atoms with E-state index in [-0.39, 0.29) is 0 Å². The molecule has 0 radical (unpaired) electrons. The van der Waals surface area contributed by atoms with Gasteiger partial charge in [-0.1, -0.05) is 15.9 Å². The van der Waals surface area contributed by atoms with E-state index >= 15 is 0 Å². The molecule has 0 aliphatic carbocycles. The van der Waals surface area contributed by atoms with Gasteiger partial charge in [-0.05, 0) is 25.1 Å². The number of carbonyl (C=O) groups excluding carboxylic acids is 1. The number of hydrogen-bond acceptors (Lipinski definition) is 2. The fraction of sp³-hybridized carbons (Fsp3) is 0.143. The normalized spacial score (nSPS) is 11.1. The quantitative estimate of drug-likeness (QED) is 0.773. The van der Waals surface area contributed by atoms with Gasteiger partial charge in [-0.3, -0.25) is 9.48 Å². The number of nitrogens with zero attached hydrogens (tertiary/aromatic N) is 2. The van der Waals surface area contributed by atoms with Crippen molar-refractivity contribution in [3.8, 4) is 11.3 Å². The van der Waals surface area contributed by atoms with Crippen molar-refractivity contribution in [2.45, 2.75) is 13.5 Å². The Hall–Kier alpha value is -2.08. The predicted octanol–water partition coefficient (Wildman–Crippen LogP) is 2.91. The van der Waals surface area contributed by atoms with Crippen molar-refractivity contribution >= 4 is 32.7 Å². The molecule has 2 heterocycles. The summed E-state index contributed by atoms with van der Waals surface area (Å²) in [4.78, 5) is 14.7. The number of carbonyl (C=O) groups is 1. The molecule has 0 unspecified atom stereocenters. The van der Waals surface area contributed by atoms with Crippen molar-refractivity contribution in [3.05, 3.63) is 40.6 Å². The maximum absolute atomic E-state index is 11.5. The highest BCUT2D eigenvalue weighted by molar-refractivity contribution is 9.10. The molecular formula is C14H13BrN4O. The zero-order valence-electron chi connectivity index (χ0n) is 10.9. The molecule has 0 atom stereocenters. The minimum Gasteiger partial charge on any atom is -0.366 e. The summed E-state index contributed by atoms with van der Waals surface area (Å²) in [5.41, 5.74) is 8.53. The van der Waals surface area contributed by atoms with E-state index in [1.54, 1.807) is 12.3 Å². The van der Waals surface area contributed by atoms with Gasteiger partial charge >= 0.3 is 0 Å². The molecule has 3 N–H and O–H groups in total. The molecule has 0 aliphatic heterocycles. The maximum atomic E-state index is 11.5. The monoisotopic (exact) mass is 332 g/mol. The molecule has 0 fully saturated rings. The van der Waals surface area contributed by atoms with Crippen LogP contribution in [0.25, 0.3) is 22.2 Å². The summed E-state index contributed by atoms with van der Waals surface area (Å²) in [5, 5.41) is 5.19. The zero-order chi connectivity index (χ0) is 14.3. The molecule has 2 aromatic heterocycles. The van der Waals surface area contributed by atoms with E-state index in [9.17, 15) is 4.79 Å². The lowest BCUT2D eigenvalue weighted by Gasteiger charge is -1.99. The minimum absolute atomic E-state index is 0.444. The van der Waals surface area contributed by atoms with Crippen molar-refractivity contribution in [2.24, 2.45) is 5.73 Å². The molecule has 0 bridgehead atoms. The molecule has 1 aromatic carbocycles. The third kappa shape index (κ3) is 2.02. The van der Waals surface area contributed by atoms with Crippen LogP contribution in [0, 0.1) is 0 Å². The largest absolute Gasteiger partial charge is 0.366 e. The Labute approximate surface area is 123 Å². The van der Waals surface area contributed by atoms with Crippen LogP contribution in [0.1, 0.15) is 17.3 Å². The van der Waals surface area contributed by atoms with Crippen molar-refractivity contribution in [1.29, 1.82) is 0 Å². The number of aromatic nitrogens is 3. The van der Waals surface area contributed by atoms with Gasteiger partial charge in [0.25, 0.3) is 5.91 Å². The van der Waals surface area contributed by atoms with Crippen LogP contribution in [-0.2, 0) is 6.54 Å². The smallest absolute Gasteiger partial charge is 0.250 e. The van der Waals surface area contributed by atoms with E-state index in [0.717, 1.165) is 33.2 Å². The van der Waals surface area contributed by atoms with E-state index in [2.05, 4.69) is 26.0 Å². The number of aromatic amines is 1. The van der Waals surface area contributed by atoms with Gasteiger partial charge in [-0.15, -0.1) is 0 Å². The minimum atomic E-state index is -0.444. The van der Waals surface area contributed by atoms with Crippen LogP contribution in [0.3, 0.4) is 0 Å². The molecular weight excluding hydrogens is 320 g/mol. The Bertz CT molecular complexity index is 803. The second-order valence-electron chi connectivity index (χ2n) is 4.52. The third-order valence-corrected chi connectivity index (χ3v) is 3.97. The number of nitrogens with two attached hydrogens (primary N) is 1. The summed E-state index contributed by atoms with van der Waals surface area (Å²) in [7, 11) is 0. The topological polar surface area (TPSA) is 76.7 Å². The number of amides is 1. The third-order valence-electron chi connectivity index (χ3n) is 3.27. The van der Waals surface area contributed by atoms with E-state index in [4.69, 9.17) is 5.73 Å². The maximum Gasteiger partial charge on any atom is 0.250 e. The number of primary amides is 1. The molecule has 6 heteroatoms. The molecule has 5 nitrogen and oxygen atoms in total. The fourth-order valence-electron chi connectivity index (χ4n) is 2.22. The molecule has 0 saturated heterocycles. The Morgan fingerprint density at radius 1 is 1.50 bits per heavy atom. The fourth-order valence-corrected chi connectivity index (χ4v) is 2.67. The van der Waals surface area contributed by atoms with Gasteiger partial charge in [0.15, 0.2) is 0 Å². The van der Waals surface area contributed by atoms with Crippen LogP contribution >= 0.6 is 15.9 Å². The lowest BCUT2D eigenvalue weighted by molar-refractivity contribution is 0.100. The number of benzene rings is 1. The van der Waals surface area contributed by atoms with Crippen LogP contribution in [0.2, 0.25) is 0 Å². The number of H-pyrrole nitrogens is 1. The van der Waals surface area contributed by atoms with Crippen LogP contribution in [0.5, 0.6) is 0 Å². The molecule has 3 rings (SSSR count). The first kappa shape index (κ1) is 12.9. The highest BCUT2D eigenvalue weighted by Crippen LogP contribution is 2.31. The van der Waals surface area contributed by atoms with Gasteiger partial charge in [0.2, 0.25) is 0 Å². The predicted molar refractivity (Wildman–Crippen MR) is 81.4 cm³/mol. The van der Waals surface area contributed by atoms with Crippen molar-refractivity contribution < 1.29 is 4.79 Å². The first-order valence-corrected chi connectivity index (χ1v) is 7.03. The van der Waals surface area contributed by atoms with Gasteiger partial charge in [0.05, 0.1) is 17.3 Å². The van der Waals surface area contributed by atoms with Crippen molar-refractivity contribution in [2.75, 3.05) is 0 Å². The summed E-state index contributed by atoms with van der Waals surface area (Å²) >= 11 is 3.49. The van der Waals surface area contributed by atoms with Crippen molar-refractivity contribution in [3.63, 3.8) is 0 Å². The van der Waals surface area contributed by atoms with E-state index in [1.165, 1.54) is 0 Å². The number of fused-ring (bicyclic) bond motifs is 1. The first-order chi connectivity index (χ1) is 9.60. The lowest BCUT2D eigenvalue weighted by Crippen LogP contribution is -2.11. The van der Waals surface area contributed by atoms with E-state index in [1.807, 2.05) is 29.9 Å². The van der Waals surface area contributed by atoms with Gasteiger partial charge in [0, 0.05) is 33.9 Å². The number of hydrogen-bond donors (Lipinski definition) is 2. The molecule has 102 valence electrons. The van der Waals surface area contributed by atoms with Gasteiger partial charge in [-0.25, -0.2) is 0 Å². The highest BCUT2D eigenvalue weighted by atomic mass is 79.9. The van der Waals surface area contributed by atoms with E-state index < -0.39 is 5.91 Å². The summed E-state index contributed by atoms with van der Waals surface area (Å²) in [6, 6.07) is 5.53. The highest BCUT2D eigenvalue weighted by Gasteiger charge is 2.13. The number of rotatable bonds is 3. The first-order valence-electron chi connectivity index (χ1n) is 6.24. The van der Waals surface area contributed by atoms with Crippen molar-refractivity contribution in [1.82, 2.24) is 14.8 Å². The van der Waals surface area contributed by atoms with Gasteiger partial charge < -0.3 is 10.7 Å². The summed E-state index contributed by atoms with van der Waals surface area (Å²) in [5.74, 6) is -0.444. The summed E-state index contributed by atoms with van der Waals surface area (Å²) < 4.78 is 2.77. The summed E-state index contributed by atoms with van der Waals surface area (Å²) in [6.07, 6.45) is 3.76. The van der Waals surface area contributed by atoms with Crippen LogP contribution in [-0.4, -0.2) is 20.7 Å². The SMILES string of the molecule is CCn1cc(-c2cc3c(Br)ccc(C(N)=O)c3[nH]2)cn1. The average molecular weight is 333 g/mol. The average Bonchev–Trinajstić information content (AvgIpc) is 3.05. The molecule has 0 aliphatic rings. The molecule has 0 spiro atoms. The number of halogens is 1. The second kappa shape index (κ2) is 4.79. The standard InChI is InChI=1S/C14H13BrN4O/c1-2-19-7-8(6-17-19)12-5-10-11(15)4-3-9(14(16)20)13(10)18-12/h3-7,18H,2H2,1H3,(H2,16,20). The Balaban J connectivity index is 2.21. The Morgan fingerprint density at radius 3 is 2.95 bits per heavy atom. The number of aryl methyl sites for hydroxylation is 1. The van der Waals surface area contributed by atoms with Crippen LogP contribution in [0.15, 0.2) is 35.1 Å². The molecule has 20 heavy (non-hydrogen) atoms. The Morgan fingerprint density at radius 2 is 2.30 bits per heavy atom. The van der Waals surface area contributed by atoms with Crippen LogP contribution < -0.4 is 5.73 Å². The zero-order valence-corrected chi connectivity index (χ0v) is 12.4. The second-order valence-corrected chi connectivity index (χ2v) is 5.37. The Kier molecular flexibility index (Phi) is 3.10. The van der Waals surface area contributed by atoms with E-state index in [0.29, 0.717) is 5.56 Å². The van der Waals surface area contributed by atoms with Crippen LogP contribution in [0.4, 0.5) is 0 Å².